The molecule has 0 saturated carbocycles. The van der Waals surface area contributed by atoms with Gasteiger partial charge in [-0.3, -0.25) is 4.57 Å². The zero-order chi connectivity index (χ0) is 15.1. The normalized spacial score (nSPS) is 11.0. The van der Waals surface area contributed by atoms with Crippen LogP contribution in [-0.2, 0) is 0 Å². The van der Waals surface area contributed by atoms with Gasteiger partial charge in [-0.25, -0.2) is 18.6 Å². The third-order valence-corrected chi connectivity index (χ3v) is 3.31. The van der Waals surface area contributed by atoms with Crippen LogP contribution < -0.4 is 0 Å². The quantitative estimate of drug-likeness (QED) is 0.786. The number of aromatic nitrogens is 2. The van der Waals surface area contributed by atoms with E-state index in [1.54, 1.807) is 6.07 Å². The lowest BCUT2D eigenvalue weighted by atomic mass is 10.1. The van der Waals surface area contributed by atoms with Gasteiger partial charge in [-0.1, -0.05) is 17.7 Å². The maximum atomic E-state index is 14.0. The van der Waals surface area contributed by atoms with Crippen molar-refractivity contribution >= 4 is 28.6 Å². The van der Waals surface area contributed by atoms with Gasteiger partial charge in [-0.05, 0) is 18.2 Å². The van der Waals surface area contributed by atoms with Crippen molar-refractivity contribution in [3.05, 3.63) is 58.9 Å². The molecule has 3 rings (SSSR count). The van der Waals surface area contributed by atoms with Crippen molar-refractivity contribution < 1.29 is 18.7 Å². The molecule has 0 spiro atoms. The topological polar surface area (TPSA) is 55.1 Å². The van der Waals surface area contributed by atoms with Crippen LogP contribution in [0.1, 0.15) is 10.4 Å². The SMILES string of the molecule is O=C(O)c1cccc2ncn(-c3c(F)cc(F)cc3Cl)c12. The molecule has 0 unspecified atom stereocenters. The highest BCUT2D eigenvalue weighted by molar-refractivity contribution is 6.32. The van der Waals surface area contributed by atoms with Crippen molar-refractivity contribution in [1.82, 2.24) is 9.55 Å². The van der Waals surface area contributed by atoms with E-state index in [1.165, 1.54) is 23.0 Å². The van der Waals surface area contributed by atoms with Gasteiger partial charge >= 0.3 is 5.97 Å². The van der Waals surface area contributed by atoms with E-state index in [0.29, 0.717) is 11.6 Å². The highest BCUT2D eigenvalue weighted by atomic mass is 35.5. The number of halogens is 3. The van der Waals surface area contributed by atoms with Crippen molar-refractivity contribution in [1.29, 1.82) is 0 Å². The average molecular weight is 309 g/mol. The summed E-state index contributed by atoms with van der Waals surface area (Å²) >= 11 is 5.88. The van der Waals surface area contributed by atoms with Gasteiger partial charge in [0.15, 0.2) is 5.82 Å². The molecule has 106 valence electrons. The Bertz CT molecular complexity index is 854. The van der Waals surface area contributed by atoms with Crippen molar-refractivity contribution in [2.24, 2.45) is 0 Å². The molecule has 0 amide bonds. The van der Waals surface area contributed by atoms with E-state index in [9.17, 15) is 18.7 Å². The van der Waals surface area contributed by atoms with Crippen LogP contribution in [-0.4, -0.2) is 20.6 Å². The fourth-order valence-corrected chi connectivity index (χ4v) is 2.46. The van der Waals surface area contributed by atoms with Gasteiger partial charge in [-0.15, -0.1) is 0 Å². The largest absolute Gasteiger partial charge is 0.478 e. The average Bonchev–Trinajstić information content (AvgIpc) is 2.81. The summed E-state index contributed by atoms with van der Waals surface area (Å²) in [6.45, 7) is 0. The van der Waals surface area contributed by atoms with Gasteiger partial charge in [0.2, 0.25) is 0 Å². The summed E-state index contributed by atoms with van der Waals surface area (Å²) in [7, 11) is 0. The number of rotatable bonds is 2. The fourth-order valence-electron chi connectivity index (χ4n) is 2.17. The molecule has 1 aromatic heterocycles. The lowest BCUT2D eigenvalue weighted by molar-refractivity contribution is 0.0698. The van der Waals surface area contributed by atoms with E-state index in [1.807, 2.05) is 0 Å². The molecule has 21 heavy (non-hydrogen) atoms. The minimum absolute atomic E-state index is 0.0511. The van der Waals surface area contributed by atoms with Gasteiger partial charge < -0.3 is 5.11 Å². The van der Waals surface area contributed by atoms with Gasteiger partial charge in [0.1, 0.15) is 17.8 Å². The first-order chi connectivity index (χ1) is 9.99. The predicted octanol–water partition coefficient (Wildman–Crippen LogP) is 3.66. The van der Waals surface area contributed by atoms with E-state index in [-0.39, 0.29) is 21.8 Å². The van der Waals surface area contributed by atoms with Crippen LogP contribution in [0.3, 0.4) is 0 Å². The van der Waals surface area contributed by atoms with Crippen molar-refractivity contribution in [2.45, 2.75) is 0 Å². The monoisotopic (exact) mass is 308 g/mol. The molecule has 0 aliphatic heterocycles. The number of imidazole rings is 1. The number of para-hydroxylation sites is 1. The van der Waals surface area contributed by atoms with Gasteiger partial charge in [0.05, 0.1) is 21.6 Å². The second-order valence-corrected chi connectivity index (χ2v) is 4.72. The first kappa shape index (κ1) is 13.5. The van der Waals surface area contributed by atoms with Crippen LogP contribution in [0.2, 0.25) is 5.02 Å². The molecular formula is C14H7ClF2N2O2. The molecule has 0 bridgehead atoms. The summed E-state index contributed by atoms with van der Waals surface area (Å²) < 4.78 is 28.3. The molecule has 7 heteroatoms. The molecule has 2 aromatic carbocycles. The van der Waals surface area contributed by atoms with Gasteiger partial charge in [0, 0.05) is 6.07 Å². The Labute approximate surface area is 122 Å². The number of aromatic carboxylic acids is 1. The van der Waals surface area contributed by atoms with Crippen LogP contribution in [0.4, 0.5) is 8.78 Å². The number of hydrogen-bond acceptors (Lipinski definition) is 2. The van der Waals surface area contributed by atoms with Crippen molar-refractivity contribution in [2.75, 3.05) is 0 Å². The predicted molar refractivity (Wildman–Crippen MR) is 73.0 cm³/mol. The van der Waals surface area contributed by atoms with E-state index in [0.717, 1.165) is 6.07 Å². The molecule has 1 N–H and O–H groups in total. The summed E-state index contributed by atoms with van der Waals surface area (Å²) in [5.74, 6) is -2.90. The molecule has 0 atom stereocenters. The Morgan fingerprint density at radius 3 is 2.71 bits per heavy atom. The molecule has 0 saturated heterocycles. The summed E-state index contributed by atoms with van der Waals surface area (Å²) in [6.07, 6.45) is 1.25. The zero-order valence-corrected chi connectivity index (χ0v) is 11.1. The third-order valence-electron chi connectivity index (χ3n) is 3.02. The van der Waals surface area contributed by atoms with E-state index in [4.69, 9.17) is 11.6 Å². The second kappa shape index (κ2) is 4.82. The highest BCUT2D eigenvalue weighted by Crippen LogP contribution is 2.29. The van der Waals surface area contributed by atoms with Crippen LogP contribution in [0.15, 0.2) is 36.7 Å². The molecule has 1 heterocycles. The summed E-state index contributed by atoms with van der Waals surface area (Å²) in [6, 6.07) is 6.13. The zero-order valence-electron chi connectivity index (χ0n) is 10.3. The Morgan fingerprint density at radius 1 is 1.29 bits per heavy atom. The molecule has 0 fully saturated rings. The highest BCUT2D eigenvalue weighted by Gasteiger charge is 2.19. The van der Waals surface area contributed by atoms with Crippen LogP contribution >= 0.6 is 11.6 Å². The number of benzene rings is 2. The van der Waals surface area contributed by atoms with E-state index >= 15 is 0 Å². The number of carboxylic acids is 1. The fraction of sp³-hybridized carbons (Fsp3) is 0. The minimum atomic E-state index is -1.18. The smallest absolute Gasteiger partial charge is 0.337 e. The number of carbonyl (C=O) groups is 1. The van der Waals surface area contributed by atoms with E-state index in [2.05, 4.69) is 4.98 Å². The van der Waals surface area contributed by atoms with Crippen molar-refractivity contribution in [3.8, 4) is 5.69 Å². The number of nitrogens with zero attached hydrogens (tertiary/aromatic N) is 2. The Kier molecular flexibility index (Phi) is 3.10. The minimum Gasteiger partial charge on any atom is -0.478 e. The lowest BCUT2D eigenvalue weighted by Crippen LogP contribution is -2.04. The number of hydrogen-bond donors (Lipinski definition) is 1. The number of fused-ring (bicyclic) bond motifs is 1. The summed E-state index contributed by atoms with van der Waals surface area (Å²) in [5, 5.41) is 9.05. The number of carboxylic acid groups (broad SMARTS) is 1. The second-order valence-electron chi connectivity index (χ2n) is 4.31. The van der Waals surface area contributed by atoms with Gasteiger partial charge in [-0.2, -0.15) is 0 Å². The third kappa shape index (κ3) is 2.13. The summed E-state index contributed by atoms with van der Waals surface area (Å²) in [5.41, 5.74) is 0.367. The first-order valence-electron chi connectivity index (χ1n) is 5.83. The molecular weight excluding hydrogens is 302 g/mol. The van der Waals surface area contributed by atoms with Crippen LogP contribution in [0.5, 0.6) is 0 Å². The Morgan fingerprint density at radius 2 is 2.05 bits per heavy atom. The molecule has 3 aromatic rings. The maximum Gasteiger partial charge on any atom is 0.337 e. The van der Waals surface area contributed by atoms with Gasteiger partial charge in [0.25, 0.3) is 0 Å². The molecule has 0 aliphatic rings. The van der Waals surface area contributed by atoms with Crippen LogP contribution in [0.25, 0.3) is 16.7 Å². The standard InChI is InChI=1S/C14H7ClF2N2O2/c15-9-4-7(16)5-10(17)13(9)19-6-18-11-3-1-2-8(12(11)19)14(20)21/h1-6H,(H,20,21). The maximum absolute atomic E-state index is 14.0. The van der Waals surface area contributed by atoms with Crippen LogP contribution in [0, 0.1) is 11.6 Å². The first-order valence-corrected chi connectivity index (χ1v) is 6.21. The van der Waals surface area contributed by atoms with E-state index < -0.39 is 17.6 Å². The lowest BCUT2D eigenvalue weighted by Gasteiger charge is -2.10. The molecule has 0 radical (unpaired) electrons. The van der Waals surface area contributed by atoms with Crippen molar-refractivity contribution in [3.63, 3.8) is 0 Å². The summed E-state index contributed by atoms with van der Waals surface area (Å²) in [4.78, 5) is 15.3. The molecule has 4 nitrogen and oxygen atoms in total. The Balaban J connectivity index is 2.39. The molecule has 0 aliphatic carbocycles. The Hall–Kier alpha value is -2.47.